The van der Waals surface area contributed by atoms with Gasteiger partial charge in [-0.3, -0.25) is 9.36 Å². The number of methoxy groups -OCH3 is 1. The van der Waals surface area contributed by atoms with Crippen molar-refractivity contribution in [3.63, 3.8) is 0 Å². The number of ether oxygens (including phenoxy) is 4. The lowest BCUT2D eigenvalue weighted by Crippen LogP contribution is -2.56. The third-order valence-electron chi connectivity index (χ3n) is 5.80. The van der Waals surface area contributed by atoms with Crippen LogP contribution in [0.5, 0.6) is 11.5 Å². The molecule has 3 rings (SSSR count). The van der Waals surface area contributed by atoms with Crippen molar-refractivity contribution in [2.75, 3.05) is 26.8 Å². The van der Waals surface area contributed by atoms with Gasteiger partial charge in [-0.1, -0.05) is 19.6 Å². The van der Waals surface area contributed by atoms with Crippen LogP contribution >= 0.6 is 0 Å². The molecule has 1 aromatic heterocycles. The number of rotatable bonds is 8. The predicted molar refractivity (Wildman–Crippen MR) is 138 cm³/mol. The van der Waals surface area contributed by atoms with Gasteiger partial charge in [-0.25, -0.2) is 18.6 Å². The molecule has 1 saturated heterocycles. The number of nitrogens with zero attached hydrogens (tertiary/aromatic N) is 3. The maximum atomic E-state index is 15.2. The topological polar surface area (TPSA) is 92.1 Å². The molecule has 1 atom stereocenters. The van der Waals surface area contributed by atoms with E-state index >= 15 is 8.78 Å². The number of fused-ring (bicyclic) bond motifs is 1. The molecule has 37 heavy (non-hydrogen) atoms. The average Bonchev–Trinajstić information content (AvgIpc) is 2.77. The zero-order valence-corrected chi connectivity index (χ0v) is 23.6. The number of carbonyl (C=O) groups is 1. The molecule has 1 aliphatic heterocycles. The smallest absolute Gasteiger partial charge is 0.410 e. The summed E-state index contributed by atoms with van der Waals surface area (Å²) in [6, 6.07) is 4.02. The fourth-order valence-electron chi connectivity index (χ4n) is 3.80. The van der Waals surface area contributed by atoms with Crippen LogP contribution in [0.1, 0.15) is 27.2 Å². The molecule has 0 bridgehead atoms. The third-order valence-corrected chi connectivity index (χ3v) is 7.51. The molecule has 1 amide bonds. The monoisotopic (exact) mass is 541 g/mol. The van der Waals surface area contributed by atoms with Crippen molar-refractivity contribution in [1.82, 2.24) is 14.5 Å². The highest BCUT2D eigenvalue weighted by atomic mass is 28.3. The molecule has 12 heteroatoms. The van der Waals surface area contributed by atoms with Crippen LogP contribution in [0.2, 0.25) is 25.7 Å². The summed E-state index contributed by atoms with van der Waals surface area (Å²) in [4.78, 5) is 31.0. The molecule has 1 aromatic carbocycles. The van der Waals surface area contributed by atoms with Crippen LogP contribution in [0.3, 0.4) is 0 Å². The Bertz CT molecular complexity index is 1180. The molecule has 2 heterocycles. The van der Waals surface area contributed by atoms with Crippen molar-refractivity contribution in [3.8, 4) is 11.5 Å². The second-order valence-electron chi connectivity index (χ2n) is 11.4. The Morgan fingerprint density at radius 1 is 1.24 bits per heavy atom. The van der Waals surface area contributed by atoms with Crippen LogP contribution < -0.4 is 15.0 Å². The molecular weight excluding hydrogens is 504 g/mol. The van der Waals surface area contributed by atoms with Gasteiger partial charge in [0.1, 0.15) is 24.0 Å². The van der Waals surface area contributed by atoms with Gasteiger partial charge in [0.05, 0.1) is 19.2 Å². The predicted octanol–water partition coefficient (Wildman–Crippen LogP) is 4.74. The Kier molecular flexibility index (Phi) is 8.53. The van der Waals surface area contributed by atoms with E-state index in [1.165, 1.54) is 24.1 Å². The largest absolute Gasteiger partial charge is 0.493 e. The SMILES string of the molecule is COc1ccc2ncn(COCC[Si](C)(C)C)c(=O)c2c1OC1CCN(C(=O)OC(C)(C)C)CC1(F)F. The summed E-state index contributed by atoms with van der Waals surface area (Å²) in [6.07, 6.45) is -1.20. The Morgan fingerprint density at radius 3 is 2.54 bits per heavy atom. The molecule has 0 spiro atoms. The van der Waals surface area contributed by atoms with E-state index in [1.807, 2.05) is 0 Å². The molecule has 0 saturated carbocycles. The van der Waals surface area contributed by atoms with Gasteiger partial charge in [0.25, 0.3) is 5.56 Å². The number of hydrogen-bond donors (Lipinski definition) is 0. The van der Waals surface area contributed by atoms with E-state index in [4.69, 9.17) is 18.9 Å². The Balaban J connectivity index is 1.86. The molecule has 1 unspecified atom stereocenters. The fourth-order valence-corrected chi connectivity index (χ4v) is 4.55. The highest BCUT2D eigenvalue weighted by Crippen LogP contribution is 2.38. The number of alkyl halides is 2. The quantitative estimate of drug-likeness (QED) is 0.352. The van der Waals surface area contributed by atoms with Crippen LogP contribution in [0.4, 0.5) is 13.6 Å². The van der Waals surface area contributed by atoms with Crippen molar-refractivity contribution in [2.45, 2.75) is 77.2 Å². The van der Waals surface area contributed by atoms with E-state index in [0.29, 0.717) is 6.61 Å². The number of aromatic nitrogens is 2. The first-order valence-corrected chi connectivity index (χ1v) is 16.0. The van der Waals surface area contributed by atoms with E-state index in [1.54, 1.807) is 26.8 Å². The van der Waals surface area contributed by atoms with Gasteiger partial charge in [-0.15, -0.1) is 0 Å². The Labute approximate surface area is 216 Å². The minimum absolute atomic E-state index is 0.00959. The molecular formula is C25H37F2N3O6Si. The number of carbonyl (C=O) groups excluding carboxylic acids is 1. The molecule has 0 aliphatic carbocycles. The molecule has 0 radical (unpaired) electrons. The van der Waals surface area contributed by atoms with Crippen molar-refractivity contribution in [3.05, 3.63) is 28.8 Å². The van der Waals surface area contributed by atoms with Crippen LogP contribution in [0.25, 0.3) is 10.9 Å². The second kappa shape index (κ2) is 10.9. The van der Waals surface area contributed by atoms with Gasteiger partial charge in [0.2, 0.25) is 0 Å². The lowest BCUT2D eigenvalue weighted by atomic mass is 10.0. The molecule has 2 aromatic rings. The van der Waals surface area contributed by atoms with Crippen LogP contribution in [-0.4, -0.2) is 73.1 Å². The summed E-state index contributed by atoms with van der Waals surface area (Å²) in [5.41, 5.74) is -1.00. The van der Waals surface area contributed by atoms with Gasteiger partial charge in [0.15, 0.2) is 17.6 Å². The van der Waals surface area contributed by atoms with Gasteiger partial charge in [-0.2, -0.15) is 0 Å². The molecule has 0 N–H and O–H groups in total. The van der Waals surface area contributed by atoms with Crippen molar-refractivity contribution in [1.29, 1.82) is 0 Å². The van der Waals surface area contributed by atoms with Crippen molar-refractivity contribution < 1.29 is 32.5 Å². The first kappa shape index (κ1) is 28.8. The summed E-state index contributed by atoms with van der Waals surface area (Å²) in [5.74, 6) is -3.37. The van der Waals surface area contributed by atoms with E-state index in [2.05, 4.69) is 24.6 Å². The number of piperidine rings is 1. The summed E-state index contributed by atoms with van der Waals surface area (Å²) < 4.78 is 53.7. The zero-order valence-electron chi connectivity index (χ0n) is 22.6. The van der Waals surface area contributed by atoms with E-state index in [9.17, 15) is 9.59 Å². The standard InChI is InChI=1S/C25H37F2N3O6Si/c1-24(2,3)36-23(32)29-11-10-19(25(26,27)14-29)35-21-18(33-4)9-8-17-20(21)22(31)30(15-28-17)16-34-12-13-37(5,6)7/h8-9,15,19H,10-14,16H2,1-7H3. The first-order chi connectivity index (χ1) is 17.1. The third kappa shape index (κ3) is 7.41. The Hall–Kier alpha value is -2.73. The minimum Gasteiger partial charge on any atom is -0.493 e. The van der Waals surface area contributed by atoms with Gasteiger partial charge in [-0.05, 0) is 38.9 Å². The molecule has 1 fully saturated rings. The first-order valence-electron chi connectivity index (χ1n) is 12.3. The average molecular weight is 542 g/mol. The Morgan fingerprint density at radius 2 is 1.95 bits per heavy atom. The van der Waals surface area contributed by atoms with Gasteiger partial charge < -0.3 is 23.8 Å². The van der Waals surface area contributed by atoms with Crippen LogP contribution in [0.15, 0.2) is 23.3 Å². The highest BCUT2D eigenvalue weighted by molar-refractivity contribution is 6.76. The van der Waals surface area contributed by atoms with E-state index in [-0.39, 0.29) is 42.1 Å². The lowest BCUT2D eigenvalue weighted by molar-refractivity contribution is -0.137. The lowest BCUT2D eigenvalue weighted by Gasteiger charge is -2.38. The number of halogens is 2. The molecule has 1 aliphatic rings. The van der Waals surface area contributed by atoms with Crippen molar-refractivity contribution >= 4 is 25.1 Å². The van der Waals surface area contributed by atoms with Crippen LogP contribution in [0, 0.1) is 0 Å². The summed E-state index contributed by atoms with van der Waals surface area (Å²) in [6.45, 7) is 11.3. The number of likely N-dealkylation sites (tertiary alicyclic amines) is 1. The normalized spacial score (nSPS) is 18.1. The maximum Gasteiger partial charge on any atom is 0.410 e. The maximum absolute atomic E-state index is 15.2. The number of benzene rings is 1. The molecule has 9 nitrogen and oxygen atoms in total. The number of amides is 1. The van der Waals surface area contributed by atoms with Gasteiger partial charge in [0, 0.05) is 27.6 Å². The van der Waals surface area contributed by atoms with E-state index in [0.717, 1.165) is 10.9 Å². The minimum atomic E-state index is -3.40. The van der Waals surface area contributed by atoms with Crippen molar-refractivity contribution in [2.24, 2.45) is 0 Å². The fraction of sp³-hybridized carbons (Fsp3) is 0.640. The zero-order chi connectivity index (χ0) is 27.6. The summed E-state index contributed by atoms with van der Waals surface area (Å²) in [7, 11) is 0.0619. The highest BCUT2D eigenvalue weighted by Gasteiger charge is 2.49. The van der Waals surface area contributed by atoms with Crippen LogP contribution in [-0.2, 0) is 16.2 Å². The summed E-state index contributed by atoms with van der Waals surface area (Å²) in [5, 5.41) is 0.0287. The molecule has 206 valence electrons. The second-order valence-corrected chi connectivity index (χ2v) is 17.0. The number of hydrogen-bond acceptors (Lipinski definition) is 7. The summed E-state index contributed by atoms with van der Waals surface area (Å²) >= 11 is 0. The van der Waals surface area contributed by atoms with E-state index < -0.39 is 43.9 Å². The van der Waals surface area contributed by atoms with Gasteiger partial charge >= 0.3 is 12.0 Å².